The van der Waals surface area contributed by atoms with E-state index in [2.05, 4.69) is 5.32 Å². The highest BCUT2D eigenvalue weighted by atomic mass is 16.6. The molecule has 0 aliphatic carbocycles. The molecule has 1 aliphatic rings. The first kappa shape index (κ1) is 12.8. The lowest BCUT2D eigenvalue weighted by Crippen LogP contribution is -2.37. The molecule has 0 bridgehead atoms. The zero-order valence-corrected chi connectivity index (χ0v) is 10.2. The quantitative estimate of drug-likeness (QED) is 0.626. The number of nitro benzene ring substituents is 1. The fourth-order valence-corrected chi connectivity index (χ4v) is 1.95. The third-order valence-corrected chi connectivity index (χ3v) is 3.04. The third kappa shape index (κ3) is 2.77. The second-order valence-electron chi connectivity index (χ2n) is 4.66. The molecular formula is C12H16N2O4. The van der Waals surface area contributed by atoms with Crippen molar-refractivity contribution < 1.29 is 14.8 Å². The van der Waals surface area contributed by atoms with Gasteiger partial charge in [0.1, 0.15) is 11.3 Å². The van der Waals surface area contributed by atoms with E-state index in [9.17, 15) is 15.2 Å². The van der Waals surface area contributed by atoms with Gasteiger partial charge in [0.2, 0.25) is 0 Å². The summed E-state index contributed by atoms with van der Waals surface area (Å²) in [7, 11) is 0. The molecule has 1 heterocycles. The first-order valence-electron chi connectivity index (χ1n) is 5.79. The molecule has 0 radical (unpaired) electrons. The van der Waals surface area contributed by atoms with Crippen LogP contribution in [0.1, 0.15) is 12.0 Å². The molecule has 1 atom stereocenters. The predicted octanol–water partition coefficient (Wildman–Crippen LogP) is 1.47. The van der Waals surface area contributed by atoms with Crippen molar-refractivity contribution in [2.45, 2.75) is 18.9 Å². The van der Waals surface area contributed by atoms with Gasteiger partial charge in [0.25, 0.3) is 5.69 Å². The maximum Gasteiger partial charge on any atom is 0.292 e. The second kappa shape index (κ2) is 4.91. The maximum absolute atomic E-state index is 10.9. The molecule has 6 heteroatoms. The van der Waals surface area contributed by atoms with Crippen LogP contribution in [0.5, 0.6) is 0 Å². The van der Waals surface area contributed by atoms with Gasteiger partial charge in [-0.25, -0.2) is 0 Å². The van der Waals surface area contributed by atoms with Crippen LogP contribution in [0.25, 0.3) is 0 Å². The molecule has 2 rings (SSSR count). The number of aliphatic hydroxyl groups is 1. The van der Waals surface area contributed by atoms with Gasteiger partial charge in [0, 0.05) is 25.6 Å². The minimum atomic E-state index is -0.933. The molecule has 2 N–H and O–H groups in total. The summed E-state index contributed by atoms with van der Waals surface area (Å²) in [5.74, 6) is 0. The summed E-state index contributed by atoms with van der Waals surface area (Å²) in [6.07, 6.45) is 0.541. The van der Waals surface area contributed by atoms with Gasteiger partial charge in [-0.1, -0.05) is 6.07 Å². The van der Waals surface area contributed by atoms with Crippen LogP contribution >= 0.6 is 0 Å². The molecule has 1 unspecified atom stereocenters. The van der Waals surface area contributed by atoms with Crippen molar-refractivity contribution in [3.05, 3.63) is 33.9 Å². The van der Waals surface area contributed by atoms with Crippen LogP contribution in [0.2, 0.25) is 0 Å². The zero-order chi connectivity index (χ0) is 13.2. The molecule has 0 aromatic heterocycles. The molecule has 0 saturated carbocycles. The van der Waals surface area contributed by atoms with E-state index < -0.39 is 10.5 Å². The number of hydrogen-bond acceptors (Lipinski definition) is 5. The highest BCUT2D eigenvalue weighted by Crippen LogP contribution is 2.27. The fraction of sp³-hybridized carbons (Fsp3) is 0.500. The number of aryl methyl sites for hydroxylation is 1. The summed E-state index contributed by atoms with van der Waals surface area (Å²) in [5.41, 5.74) is 0.443. The van der Waals surface area contributed by atoms with E-state index in [1.165, 1.54) is 6.07 Å². The number of rotatable bonds is 4. The number of nitrogens with one attached hydrogen (secondary N) is 1. The average molecular weight is 252 g/mol. The van der Waals surface area contributed by atoms with E-state index in [-0.39, 0.29) is 18.8 Å². The van der Waals surface area contributed by atoms with E-state index in [1.807, 2.05) is 6.92 Å². The normalized spacial score (nSPS) is 23.0. The lowest BCUT2D eigenvalue weighted by molar-refractivity contribution is -0.384. The molecule has 0 spiro atoms. The maximum atomic E-state index is 10.9. The summed E-state index contributed by atoms with van der Waals surface area (Å²) in [6, 6.07) is 4.86. The lowest BCUT2D eigenvalue weighted by atomic mass is 10.0. The Balaban J connectivity index is 2.12. The predicted molar refractivity (Wildman–Crippen MR) is 66.7 cm³/mol. The molecular weight excluding hydrogens is 236 g/mol. The van der Waals surface area contributed by atoms with Crippen molar-refractivity contribution in [2.75, 3.05) is 25.1 Å². The number of nitro groups is 1. The Kier molecular flexibility index (Phi) is 3.49. The van der Waals surface area contributed by atoms with Gasteiger partial charge in [0.15, 0.2) is 0 Å². The topological polar surface area (TPSA) is 84.6 Å². The summed E-state index contributed by atoms with van der Waals surface area (Å²) in [6.45, 7) is 2.90. The molecule has 18 heavy (non-hydrogen) atoms. The highest BCUT2D eigenvalue weighted by molar-refractivity contribution is 5.62. The van der Waals surface area contributed by atoms with E-state index in [0.717, 1.165) is 5.56 Å². The Morgan fingerprint density at radius 2 is 2.39 bits per heavy atom. The molecule has 1 saturated heterocycles. The number of ether oxygens (including phenoxy) is 1. The van der Waals surface area contributed by atoms with Gasteiger partial charge in [-0.2, -0.15) is 0 Å². The highest BCUT2D eigenvalue weighted by Gasteiger charge is 2.32. The largest absolute Gasteiger partial charge is 0.386 e. The van der Waals surface area contributed by atoms with Crippen molar-refractivity contribution >= 4 is 11.4 Å². The van der Waals surface area contributed by atoms with Gasteiger partial charge in [0.05, 0.1) is 11.5 Å². The van der Waals surface area contributed by atoms with Crippen LogP contribution in [0, 0.1) is 17.0 Å². The molecule has 6 nitrogen and oxygen atoms in total. The molecule has 1 aliphatic heterocycles. The number of benzene rings is 1. The minimum absolute atomic E-state index is 0.0168. The summed E-state index contributed by atoms with van der Waals surface area (Å²) in [5, 5.41) is 23.9. The van der Waals surface area contributed by atoms with Crippen molar-refractivity contribution in [3.63, 3.8) is 0 Å². The van der Waals surface area contributed by atoms with Crippen LogP contribution < -0.4 is 5.32 Å². The number of hydrogen-bond donors (Lipinski definition) is 2. The Hall–Kier alpha value is -1.66. The monoisotopic (exact) mass is 252 g/mol. The molecule has 0 amide bonds. The van der Waals surface area contributed by atoms with Gasteiger partial charge in [-0.15, -0.1) is 0 Å². The van der Waals surface area contributed by atoms with Gasteiger partial charge < -0.3 is 15.2 Å². The molecule has 1 fully saturated rings. The van der Waals surface area contributed by atoms with E-state index >= 15 is 0 Å². The summed E-state index contributed by atoms with van der Waals surface area (Å²) in [4.78, 5) is 10.5. The van der Waals surface area contributed by atoms with Gasteiger partial charge in [-0.05, 0) is 18.6 Å². The average Bonchev–Trinajstić information content (AvgIpc) is 2.74. The standard InChI is InChI=1S/C12H16N2O4/c1-9-2-3-11(14(16)17)10(6-9)13-7-12(15)4-5-18-8-12/h2-3,6,13,15H,4-5,7-8H2,1H3. The first-order valence-corrected chi connectivity index (χ1v) is 5.79. The van der Waals surface area contributed by atoms with Crippen molar-refractivity contribution in [1.29, 1.82) is 0 Å². The molecule has 1 aromatic rings. The van der Waals surface area contributed by atoms with E-state index in [1.54, 1.807) is 12.1 Å². The summed E-state index contributed by atoms with van der Waals surface area (Å²) < 4.78 is 5.13. The van der Waals surface area contributed by atoms with Crippen LogP contribution in [0.3, 0.4) is 0 Å². The number of anilines is 1. The number of nitrogens with zero attached hydrogens (tertiary/aromatic N) is 1. The second-order valence-corrected chi connectivity index (χ2v) is 4.66. The molecule has 1 aromatic carbocycles. The Labute approximate surface area is 105 Å². The SMILES string of the molecule is Cc1ccc([N+](=O)[O-])c(NCC2(O)CCOC2)c1. The minimum Gasteiger partial charge on any atom is -0.386 e. The zero-order valence-electron chi connectivity index (χ0n) is 10.2. The lowest BCUT2D eigenvalue weighted by Gasteiger charge is -2.21. The molecule has 98 valence electrons. The van der Waals surface area contributed by atoms with Crippen LogP contribution in [0.15, 0.2) is 18.2 Å². The van der Waals surface area contributed by atoms with Crippen LogP contribution in [-0.4, -0.2) is 35.4 Å². The Bertz CT molecular complexity index is 455. The van der Waals surface area contributed by atoms with Gasteiger partial charge >= 0.3 is 0 Å². The Morgan fingerprint density at radius 3 is 3.00 bits per heavy atom. The van der Waals surface area contributed by atoms with Gasteiger partial charge in [-0.3, -0.25) is 10.1 Å². The summed E-state index contributed by atoms with van der Waals surface area (Å²) >= 11 is 0. The smallest absolute Gasteiger partial charge is 0.292 e. The first-order chi connectivity index (χ1) is 8.50. The van der Waals surface area contributed by atoms with Crippen molar-refractivity contribution in [1.82, 2.24) is 0 Å². The van der Waals surface area contributed by atoms with Crippen LogP contribution in [0.4, 0.5) is 11.4 Å². The van der Waals surface area contributed by atoms with Crippen LogP contribution in [-0.2, 0) is 4.74 Å². The Morgan fingerprint density at radius 1 is 1.61 bits per heavy atom. The van der Waals surface area contributed by atoms with Crippen molar-refractivity contribution in [3.8, 4) is 0 Å². The van der Waals surface area contributed by atoms with Crippen molar-refractivity contribution in [2.24, 2.45) is 0 Å². The van der Waals surface area contributed by atoms with E-state index in [4.69, 9.17) is 4.74 Å². The van der Waals surface area contributed by atoms with E-state index in [0.29, 0.717) is 18.7 Å². The third-order valence-electron chi connectivity index (χ3n) is 3.04. The fourth-order valence-electron chi connectivity index (χ4n) is 1.95.